The van der Waals surface area contributed by atoms with Crippen molar-refractivity contribution in [1.29, 1.82) is 0 Å². The molecule has 1 aromatic carbocycles. The molecule has 0 bridgehead atoms. The molecule has 0 nitrogen and oxygen atoms in total. The van der Waals surface area contributed by atoms with Gasteiger partial charge in [-0.1, -0.05) is 54.1 Å². The smallest absolute Gasteiger partial charge is 0.0175 e. The van der Waals surface area contributed by atoms with Crippen molar-refractivity contribution >= 4 is 15.9 Å². The predicted molar refractivity (Wildman–Crippen MR) is 69.0 cm³/mol. The minimum absolute atomic E-state index is 0.389. The van der Waals surface area contributed by atoms with Crippen LogP contribution in [0, 0.1) is 11.3 Å². The zero-order valence-corrected chi connectivity index (χ0v) is 11.1. The highest BCUT2D eigenvalue weighted by molar-refractivity contribution is 9.10. The monoisotopic (exact) mass is 264 g/mol. The van der Waals surface area contributed by atoms with E-state index in [0.29, 0.717) is 17.3 Å². The summed E-state index contributed by atoms with van der Waals surface area (Å²) in [6.07, 6.45) is 0. The van der Waals surface area contributed by atoms with Crippen molar-refractivity contribution in [2.45, 2.75) is 26.7 Å². The van der Waals surface area contributed by atoms with Crippen LogP contribution in [0.4, 0.5) is 0 Å². The molecule has 0 amide bonds. The molecule has 0 spiro atoms. The summed E-state index contributed by atoms with van der Waals surface area (Å²) < 4.78 is 1.15. The Bertz CT molecular complexity index is 386. The van der Waals surface area contributed by atoms with Gasteiger partial charge in [0.2, 0.25) is 0 Å². The summed E-state index contributed by atoms with van der Waals surface area (Å²) in [4.78, 5) is 0. The first kappa shape index (κ1) is 10.9. The second kappa shape index (κ2) is 3.48. The Morgan fingerprint density at radius 1 is 1.27 bits per heavy atom. The van der Waals surface area contributed by atoms with Gasteiger partial charge in [0, 0.05) is 4.47 Å². The molecule has 2 atom stereocenters. The number of hydrogen-bond donors (Lipinski definition) is 0. The molecule has 1 saturated carbocycles. The maximum absolute atomic E-state index is 4.10. The second-order valence-corrected chi connectivity index (χ2v) is 6.09. The van der Waals surface area contributed by atoms with E-state index in [1.807, 2.05) is 0 Å². The van der Waals surface area contributed by atoms with Crippen LogP contribution in [0.5, 0.6) is 0 Å². The fraction of sp³-hybridized carbons (Fsp3) is 0.429. The van der Waals surface area contributed by atoms with Crippen molar-refractivity contribution in [3.8, 4) is 0 Å². The summed E-state index contributed by atoms with van der Waals surface area (Å²) in [5.41, 5.74) is 3.14. The quantitative estimate of drug-likeness (QED) is 0.676. The highest BCUT2D eigenvalue weighted by Crippen LogP contribution is 2.66. The van der Waals surface area contributed by atoms with Crippen molar-refractivity contribution in [3.05, 3.63) is 46.5 Å². The minimum Gasteiger partial charge on any atom is -0.0998 e. The first-order chi connectivity index (χ1) is 6.94. The zero-order valence-electron chi connectivity index (χ0n) is 9.55. The number of benzene rings is 1. The van der Waals surface area contributed by atoms with Gasteiger partial charge >= 0.3 is 0 Å². The first-order valence-corrected chi connectivity index (χ1v) is 6.14. The van der Waals surface area contributed by atoms with Gasteiger partial charge in [0.25, 0.3) is 0 Å². The van der Waals surface area contributed by atoms with Crippen LogP contribution >= 0.6 is 15.9 Å². The largest absolute Gasteiger partial charge is 0.0998 e. The maximum atomic E-state index is 4.10. The van der Waals surface area contributed by atoms with Crippen LogP contribution < -0.4 is 0 Å². The van der Waals surface area contributed by atoms with E-state index in [9.17, 15) is 0 Å². The molecule has 2 rings (SSSR count). The van der Waals surface area contributed by atoms with Gasteiger partial charge in [0.1, 0.15) is 0 Å². The minimum atomic E-state index is 0.389. The summed E-state index contributed by atoms with van der Waals surface area (Å²) >= 11 is 3.47. The van der Waals surface area contributed by atoms with Gasteiger partial charge in [-0.15, -0.1) is 0 Å². The topological polar surface area (TPSA) is 0 Å². The predicted octanol–water partition coefficient (Wildman–Crippen LogP) is 4.76. The normalized spacial score (nSPS) is 27.5. The highest BCUT2D eigenvalue weighted by Gasteiger charge is 2.58. The van der Waals surface area contributed by atoms with E-state index in [1.165, 1.54) is 11.1 Å². The van der Waals surface area contributed by atoms with E-state index in [0.717, 1.165) is 4.47 Å². The van der Waals surface area contributed by atoms with Crippen molar-refractivity contribution in [1.82, 2.24) is 0 Å². The van der Waals surface area contributed by atoms with Crippen LogP contribution in [0.15, 0.2) is 40.9 Å². The number of hydrogen-bond acceptors (Lipinski definition) is 0. The van der Waals surface area contributed by atoms with Gasteiger partial charge < -0.3 is 0 Å². The Morgan fingerprint density at radius 2 is 1.80 bits per heavy atom. The summed E-state index contributed by atoms with van der Waals surface area (Å²) in [5, 5.41) is 0. The Hall–Kier alpha value is -0.560. The van der Waals surface area contributed by atoms with Crippen LogP contribution in [0.3, 0.4) is 0 Å². The average Bonchev–Trinajstić information content (AvgIpc) is 2.70. The third-order valence-corrected chi connectivity index (χ3v) is 4.12. The Balaban J connectivity index is 2.27. The van der Waals surface area contributed by atoms with Crippen molar-refractivity contribution in [3.63, 3.8) is 0 Å². The molecule has 2 unspecified atom stereocenters. The average molecular weight is 265 g/mol. The molecule has 0 aliphatic heterocycles. The van der Waals surface area contributed by atoms with Crippen LogP contribution in [-0.4, -0.2) is 0 Å². The lowest BCUT2D eigenvalue weighted by molar-refractivity contribution is 0.584. The molecule has 15 heavy (non-hydrogen) atoms. The Kier molecular flexibility index (Phi) is 2.54. The summed E-state index contributed by atoms with van der Waals surface area (Å²) in [6, 6.07) is 8.69. The molecule has 0 N–H and O–H groups in total. The van der Waals surface area contributed by atoms with Gasteiger partial charge in [-0.25, -0.2) is 0 Å². The van der Waals surface area contributed by atoms with Gasteiger partial charge in [-0.05, 0) is 41.9 Å². The molecule has 1 heteroatoms. The van der Waals surface area contributed by atoms with Crippen LogP contribution in [0.25, 0.3) is 0 Å². The third kappa shape index (κ3) is 1.78. The zero-order chi connectivity index (χ0) is 11.2. The number of allylic oxidation sites excluding steroid dienone is 1. The number of rotatable bonds is 2. The van der Waals surface area contributed by atoms with E-state index in [-0.39, 0.29) is 0 Å². The molecular weight excluding hydrogens is 248 g/mol. The summed E-state index contributed by atoms with van der Waals surface area (Å²) in [5.74, 6) is 1.31. The fourth-order valence-electron chi connectivity index (χ4n) is 2.85. The van der Waals surface area contributed by atoms with Crippen LogP contribution in [-0.2, 0) is 0 Å². The van der Waals surface area contributed by atoms with Gasteiger partial charge in [0.15, 0.2) is 0 Å². The molecule has 1 aliphatic carbocycles. The van der Waals surface area contributed by atoms with E-state index in [2.05, 4.69) is 67.5 Å². The lowest BCUT2D eigenvalue weighted by Gasteiger charge is -2.02. The Labute approximate surface area is 101 Å². The molecule has 0 heterocycles. The first-order valence-electron chi connectivity index (χ1n) is 5.35. The van der Waals surface area contributed by atoms with E-state index in [1.54, 1.807) is 0 Å². The van der Waals surface area contributed by atoms with Crippen molar-refractivity contribution < 1.29 is 0 Å². The molecule has 0 radical (unpaired) electrons. The van der Waals surface area contributed by atoms with E-state index in [4.69, 9.17) is 0 Å². The fourth-order valence-corrected chi connectivity index (χ4v) is 3.11. The van der Waals surface area contributed by atoms with Gasteiger partial charge in [-0.2, -0.15) is 0 Å². The van der Waals surface area contributed by atoms with E-state index < -0.39 is 0 Å². The summed E-state index contributed by atoms with van der Waals surface area (Å²) in [6.45, 7) is 10.9. The molecule has 80 valence electrons. The Morgan fingerprint density at radius 3 is 2.20 bits per heavy atom. The summed E-state index contributed by atoms with van der Waals surface area (Å²) in [7, 11) is 0. The van der Waals surface area contributed by atoms with Gasteiger partial charge in [-0.3, -0.25) is 0 Å². The lowest BCUT2D eigenvalue weighted by atomic mass is 10.0. The molecular formula is C14H17Br. The molecule has 0 aromatic heterocycles. The molecule has 1 fully saturated rings. The van der Waals surface area contributed by atoms with E-state index >= 15 is 0 Å². The van der Waals surface area contributed by atoms with Crippen molar-refractivity contribution in [2.24, 2.45) is 11.3 Å². The maximum Gasteiger partial charge on any atom is 0.0175 e. The van der Waals surface area contributed by atoms with Crippen molar-refractivity contribution in [2.75, 3.05) is 0 Å². The third-order valence-electron chi connectivity index (χ3n) is 3.59. The molecule has 0 saturated heterocycles. The van der Waals surface area contributed by atoms with Gasteiger partial charge in [0.05, 0.1) is 0 Å². The SMILES string of the molecule is C=C(C)C1C(c2ccc(Br)cc2)C1(C)C. The standard InChI is InChI=1S/C14H17Br/c1-9(2)12-13(14(12,3)4)10-5-7-11(15)8-6-10/h5-8,12-13H,1H2,2-4H3. The second-order valence-electron chi connectivity index (χ2n) is 5.17. The highest BCUT2D eigenvalue weighted by atomic mass is 79.9. The number of halogens is 1. The van der Waals surface area contributed by atoms with Crippen LogP contribution in [0.1, 0.15) is 32.3 Å². The molecule has 1 aliphatic rings. The lowest BCUT2D eigenvalue weighted by Crippen LogP contribution is -1.90. The molecule has 1 aromatic rings. The van der Waals surface area contributed by atoms with Crippen LogP contribution in [0.2, 0.25) is 0 Å².